The van der Waals surface area contributed by atoms with Gasteiger partial charge in [-0.15, -0.1) is 16.8 Å². The molecule has 0 aliphatic carbocycles. The van der Waals surface area contributed by atoms with E-state index in [1.165, 1.54) is 18.0 Å². The molecule has 0 unspecified atom stereocenters. The summed E-state index contributed by atoms with van der Waals surface area (Å²) in [6.07, 6.45) is 5.08. The zero-order chi connectivity index (χ0) is 22.5. The van der Waals surface area contributed by atoms with E-state index in [-0.39, 0.29) is 29.7 Å². The topological polar surface area (TPSA) is 95.0 Å². The van der Waals surface area contributed by atoms with E-state index in [1.807, 2.05) is 35.0 Å². The number of rotatable bonds is 10. The molecule has 0 spiro atoms. The van der Waals surface area contributed by atoms with Crippen molar-refractivity contribution in [3.63, 3.8) is 0 Å². The van der Waals surface area contributed by atoms with Gasteiger partial charge in [-0.25, -0.2) is 0 Å². The molecule has 1 aromatic carbocycles. The number of thioether (sulfide) groups is 1. The van der Waals surface area contributed by atoms with Crippen LogP contribution in [0, 0.1) is 0 Å². The lowest BCUT2D eigenvalue weighted by molar-refractivity contribution is 0.0921. The van der Waals surface area contributed by atoms with Crippen LogP contribution in [-0.4, -0.2) is 36.8 Å². The summed E-state index contributed by atoms with van der Waals surface area (Å²) in [4.78, 5) is 25.1. The van der Waals surface area contributed by atoms with Crippen molar-refractivity contribution in [2.24, 2.45) is 0 Å². The van der Waals surface area contributed by atoms with Crippen molar-refractivity contribution in [3.8, 4) is 0 Å². The zero-order valence-corrected chi connectivity index (χ0v) is 18.5. The molecule has 32 heavy (non-hydrogen) atoms. The maximum atomic E-state index is 13.0. The number of carbonyl (C=O) groups excluding carboxylic acids is 2. The standard InChI is InChI=1S/C23H23N5O3S/c1-3-11-28-21(13-24-22(30)20-10-7-12-31-20)25-26-23(28)32-15-19(29)17-14-27(4-2)18-9-6-5-8-16(17)18/h3,5-10,12,14H,1,4,11,13,15H2,2H3,(H,24,30). The molecule has 0 atom stereocenters. The molecule has 3 aromatic heterocycles. The van der Waals surface area contributed by atoms with Gasteiger partial charge in [0, 0.05) is 35.8 Å². The number of aryl methyl sites for hydroxylation is 1. The molecule has 0 fully saturated rings. The Morgan fingerprint density at radius 3 is 2.81 bits per heavy atom. The Morgan fingerprint density at radius 2 is 2.06 bits per heavy atom. The number of amides is 1. The quantitative estimate of drug-likeness (QED) is 0.224. The van der Waals surface area contributed by atoms with Gasteiger partial charge in [-0.3, -0.25) is 9.59 Å². The highest BCUT2D eigenvalue weighted by Crippen LogP contribution is 2.25. The monoisotopic (exact) mass is 449 g/mol. The van der Waals surface area contributed by atoms with Gasteiger partial charge in [0.2, 0.25) is 0 Å². The lowest BCUT2D eigenvalue weighted by atomic mass is 10.1. The number of fused-ring (bicyclic) bond motifs is 1. The molecule has 9 heteroatoms. The van der Waals surface area contributed by atoms with E-state index in [0.717, 1.165) is 17.4 Å². The smallest absolute Gasteiger partial charge is 0.287 e. The fourth-order valence-electron chi connectivity index (χ4n) is 3.46. The number of allylic oxidation sites excluding steroid dienone is 1. The summed E-state index contributed by atoms with van der Waals surface area (Å²) >= 11 is 1.32. The molecule has 0 radical (unpaired) electrons. The summed E-state index contributed by atoms with van der Waals surface area (Å²) in [6, 6.07) is 11.1. The molecule has 1 N–H and O–H groups in total. The first-order chi connectivity index (χ1) is 15.6. The fourth-order valence-corrected chi connectivity index (χ4v) is 4.31. The predicted molar refractivity (Wildman–Crippen MR) is 123 cm³/mol. The number of nitrogens with zero attached hydrogens (tertiary/aromatic N) is 4. The van der Waals surface area contributed by atoms with Crippen molar-refractivity contribution in [1.29, 1.82) is 0 Å². The third-order valence-corrected chi connectivity index (χ3v) is 5.99. The minimum Gasteiger partial charge on any atom is -0.459 e. The Kier molecular flexibility index (Phi) is 6.55. The van der Waals surface area contributed by atoms with Crippen LogP contribution < -0.4 is 5.32 Å². The van der Waals surface area contributed by atoms with Crippen LogP contribution in [0.15, 0.2) is 71.1 Å². The van der Waals surface area contributed by atoms with Crippen molar-refractivity contribution >= 4 is 34.4 Å². The maximum absolute atomic E-state index is 13.0. The van der Waals surface area contributed by atoms with Crippen molar-refractivity contribution in [2.75, 3.05) is 5.75 Å². The van der Waals surface area contributed by atoms with Crippen LogP contribution in [0.25, 0.3) is 10.9 Å². The van der Waals surface area contributed by atoms with E-state index in [0.29, 0.717) is 23.1 Å². The summed E-state index contributed by atoms with van der Waals surface area (Å²) in [7, 11) is 0. The summed E-state index contributed by atoms with van der Waals surface area (Å²) in [5.74, 6) is 0.721. The van der Waals surface area contributed by atoms with Crippen LogP contribution in [0.2, 0.25) is 0 Å². The van der Waals surface area contributed by atoms with Crippen LogP contribution in [0.5, 0.6) is 0 Å². The Morgan fingerprint density at radius 1 is 1.22 bits per heavy atom. The van der Waals surface area contributed by atoms with Gasteiger partial charge < -0.3 is 18.9 Å². The van der Waals surface area contributed by atoms with Gasteiger partial charge in [0.25, 0.3) is 5.91 Å². The predicted octanol–water partition coefficient (Wildman–Crippen LogP) is 3.94. The van der Waals surface area contributed by atoms with E-state index in [4.69, 9.17) is 4.42 Å². The van der Waals surface area contributed by atoms with Gasteiger partial charge in [-0.05, 0) is 25.1 Å². The lowest BCUT2D eigenvalue weighted by Crippen LogP contribution is -2.24. The second-order valence-electron chi connectivity index (χ2n) is 7.02. The van der Waals surface area contributed by atoms with E-state index >= 15 is 0 Å². The van der Waals surface area contributed by atoms with Crippen LogP contribution >= 0.6 is 11.8 Å². The summed E-state index contributed by atoms with van der Waals surface area (Å²) in [5, 5.41) is 12.7. The van der Waals surface area contributed by atoms with E-state index in [9.17, 15) is 9.59 Å². The Hall–Kier alpha value is -3.59. The third kappa shape index (κ3) is 4.38. The zero-order valence-electron chi connectivity index (χ0n) is 17.7. The molecule has 0 aliphatic heterocycles. The maximum Gasteiger partial charge on any atom is 0.287 e. The van der Waals surface area contributed by atoms with Gasteiger partial charge in [0.15, 0.2) is 22.5 Å². The van der Waals surface area contributed by atoms with Crippen LogP contribution in [0.1, 0.15) is 33.7 Å². The third-order valence-electron chi connectivity index (χ3n) is 5.02. The van der Waals surface area contributed by atoms with Gasteiger partial charge in [-0.2, -0.15) is 0 Å². The number of hydrogen-bond acceptors (Lipinski definition) is 6. The Balaban J connectivity index is 1.47. The number of carbonyl (C=O) groups is 2. The van der Waals surface area contributed by atoms with Gasteiger partial charge >= 0.3 is 0 Å². The normalized spacial score (nSPS) is 11.0. The summed E-state index contributed by atoms with van der Waals surface area (Å²) in [5.41, 5.74) is 1.75. The molecule has 4 rings (SSSR count). The molecule has 3 heterocycles. The number of ketones is 1. The second kappa shape index (κ2) is 9.69. The minimum absolute atomic E-state index is 0.0271. The van der Waals surface area contributed by atoms with Crippen LogP contribution in [-0.2, 0) is 19.6 Å². The molecular weight excluding hydrogens is 426 g/mol. The first-order valence-corrected chi connectivity index (χ1v) is 11.2. The molecule has 0 bridgehead atoms. The van der Waals surface area contributed by atoms with Crippen molar-refractivity contribution in [2.45, 2.75) is 31.7 Å². The molecule has 1 amide bonds. The van der Waals surface area contributed by atoms with E-state index in [1.54, 1.807) is 18.2 Å². The highest BCUT2D eigenvalue weighted by molar-refractivity contribution is 7.99. The number of furan rings is 1. The SMILES string of the molecule is C=CCn1c(CNC(=O)c2ccco2)nnc1SCC(=O)c1cn(CC)c2ccccc12. The highest BCUT2D eigenvalue weighted by atomic mass is 32.2. The molecule has 164 valence electrons. The molecule has 4 aromatic rings. The van der Waals surface area contributed by atoms with Crippen LogP contribution in [0.3, 0.4) is 0 Å². The number of para-hydroxylation sites is 1. The van der Waals surface area contributed by atoms with Crippen LogP contribution in [0.4, 0.5) is 0 Å². The Labute approximate surface area is 189 Å². The van der Waals surface area contributed by atoms with Gasteiger partial charge in [0.1, 0.15) is 0 Å². The van der Waals surface area contributed by atoms with Crippen molar-refractivity contribution in [3.05, 3.63) is 78.7 Å². The first-order valence-electron chi connectivity index (χ1n) is 10.2. The Bertz CT molecular complexity index is 1260. The summed E-state index contributed by atoms with van der Waals surface area (Å²) < 4.78 is 9.01. The highest BCUT2D eigenvalue weighted by Gasteiger charge is 2.18. The summed E-state index contributed by atoms with van der Waals surface area (Å²) in [6.45, 7) is 7.28. The van der Waals surface area contributed by atoms with Crippen molar-refractivity contribution < 1.29 is 14.0 Å². The number of hydrogen-bond donors (Lipinski definition) is 1. The average Bonchev–Trinajstić information content (AvgIpc) is 3.55. The number of Topliss-reactive ketones (excluding diaryl/α,β-unsaturated/α-hetero) is 1. The number of benzene rings is 1. The lowest BCUT2D eigenvalue weighted by Gasteiger charge is -2.08. The van der Waals surface area contributed by atoms with E-state index in [2.05, 4.69) is 33.6 Å². The fraction of sp³-hybridized carbons (Fsp3) is 0.217. The molecule has 0 aliphatic rings. The first kappa shape index (κ1) is 21.6. The average molecular weight is 450 g/mol. The molecule has 0 saturated carbocycles. The minimum atomic E-state index is -0.333. The number of aromatic nitrogens is 4. The van der Waals surface area contributed by atoms with Gasteiger partial charge in [-0.1, -0.05) is 36.0 Å². The molecule has 0 saturated heterocycles. The molecular formula is C23H23N5O3S. The van der Waals surface area contributed by atoms with Gasteiger partial charge in [0.05, 0.1) is 18.6 Å². The second-order valence-corrected chi connectivity index (χ2v) is 7.96. The van der Waals surface area contributed by atoms with Crippen molar-refractivity contribution in [1.82, 2.24) is 24.6 Å². The van der Waals surface area contributed by atoms with E-state index < -0.39 is 0 Å². The molecule has 8 nitrogen and oxygen atoms in total. The number of nitrogens with one attached hydrogen (secondary N) is 1. The largest absolute Gasteiger partial charge is 0.459 e.